The third-order valence-electron chi connectivity index (χ3n) is 10.5. The maximum Gasteiger partial charge on any atom is 0.0893 e. The molecule has 4 heterocycles. The second-order valence-electron chi connectivity index (χ2n) is 13.5. The summed E-state index contributed by atoms with van der Waals surface area (Å²) >= 11 is 0. The lowest BCUT2D eigenvalue weighted by Gasteiger charge is -2.31. The zero-order valence-corrected chi connectivity index (χ0v) is 28.3. The molecule has 0 radical (unpaired) electrons. The van der Waals surface area contributed by atoms with Gasteiger partial charge in [0, 0.05) is 22.5 Å². The molecule has 0 N–H and O–H groups in total. The molecule has 4 aromatic carbocycles. The molecule has 1 spiro atoms. The van der Waals surface area contributed by atoms with Crippen LogP contribution in [0.3, 0.4) is 0 Å². The molecule has 0 unspecified atom stereocenters. The Hall–Kier alpha value is -6.52. The lowest BCUT2D eigenvalue weighted by molar-refractivity contribution is 0.794. The summed E-state index contributed by atoms with van der Waals surface area (Å²) in [6.07, 6.45) is 0. The molecule has 10 rings (SSSR count). The van der Waals surface area contributed by atoms with Crippen LogP contribution in [-0.2, 0) is 5.41 Å². The number of hydrogen-bond donors (Lipinski definition) is 0. The molecule has 51 heavy (non-hydrogen) atoms. The number of aryl methyl sites for hydroxylation is 2. The highest BCUT2D eigenvalue weighted by molar-refractivity contribution is 5.96. The van der Waals surface area contributed by atoms with E-state index in [-0.39, 0.29) is 0 Å². The summed E-state index contributed by atoms with van der Waals surface area (Å²) in [5, 5.41) is 0. The summed E-state index contributed by atoms with van der Waals surface area (Å²) in [5.74, 6) is 0. The number of pyridine rings is 4. The van der Waals surface area contributed by atoms with Gasteiger partial charge in [-0.2, -0.15) is 0 Å². The number of rotatable bonds is 4. The van der Waals surface area contributed by atoms with Gasteiger partial charge in [-0.1, -0.05) is 97.1 Å². The molecule has 4 heteroatoms. The summed E-state index contributed by atoms with van der Waals surface area (Å²) in [6, 6.07) is 56.3. The van der Waals surface area contributed by atoms with Crippen molar-refractivity contribution in [1.29, 1.82) is 0 Å². The van der Waals surface area contributed by atoms with Crippen LogP contribution >= 0.6 is 0 Å². The Balaban J connectivity index is 1.19. The number of hydrogen-bond acceptors (Lipinski definition) is 4. The van der Waals surface area contributed by atoms with Crippen LogP contribution in [0, 0.1) is 13.8 Å². The molecule has 0 aliphatic heterocycles. The van der Waals surface area contributed by atoms with E-state index in [2.05, 4.69) is 109 Å². The van der Waals surface area contributed by atoms with Crippen LogP contribution in [-0.4, -0.2) is 19.9 Å². The predicted octanol–water partition coefficient (Wildman–Crippen LogP) is 10.9. The van der Waals surface area contributed by atoms with E-state index in [0.717, 1.165) is 56.7 Å². The van der Waals surface area contributed by atoms with Crippen molar-refractivity contribution in [3.05, 3.63) is 191 Å². The lowest BCUT2D eigenvalue weighted by atomic mass is 9.70. The highest BCUT2D eigenvalue weighted by Gasteiger charge is 2.51. The van der Waals surface area contributed by atoms with Crippen molar-refractivity contribution in [3.63, 3.8) is 0 Å². The zero-order chi connectivity index (χ0) is 34.1. The van der Waals surface area contributed by atoms with Crippen molar-refractivity contribution < 1.29 is 0 Å². The minimum absolute atomic E-state index is 0.505. The van der Waals surface area contributed by atoms with E-state index in [1.807, 2.05) is 62.4 Å². The van der Waals surface area contributed by atoms with Gasteiger partial charge < -0.3 is 0 Å². The van der Waals surface area contributed by atoms with E-state index >= 15 is 0 Å². The number of fused-ring (bicyclic) bond motifs is 10. The SMILES string of the molecule is Cc1cccc(-c2cccc(-c3ccc4c(c3)C3(c5ccccc5-c5ccccc53)c3cc(-c5cccc(-c6cccc(C)n6)n5)ccc3-4)n2)n1. The van der Waals surface area contributed by atoms with E-state index < -0.39 is 5.41 Å². The van der Waals surface area contributed by atoms with Crippen molar-refractivity contribution in [2.24, 2.45) is 0 Å². The number of nitrogens with zero attached hydrogens (tertiary/aromatic N) is 4. The summed E-state index contributed by atoms with van der Waals surface area (Å²) in [5.41, 5.74) is 19.1. The average molecular weight is 653 g/mol. The van der Waals surface area contributed by atoms with Crippen LogP contribution in [0.5, 0.6) is 0 Å². The summed E-state index contributed by atoms with van der Waals surface area (Å²) < 4.78 is 0. The largest absolute Gasteiger partial charge is 0.251 e. The first-order chi connectivity index (χ1) is 25.1. The van der Waals surface area contributed by atoms with Crippen molar-refractivity contribution >= 4 is 0 Å². The topological polar surface area (TPSA) is 51.6 Å². The molecule has 0 saturated heterocycles. The normalized spacial score (nSPS) is 13.1. The van der Waals surface area contributed by atoms with Crippen molar-refractivity contribution in [2.45, 2.75) is 19.3 Å². The Kier molecular flexibility index (Phi) is 6.49. The van der Waals surface area contributed by atoms with E-state index in [9.17, 15) is 0 Å². The third kappa shape index (κ3) is 4.46. The first-order valence-corrected chi connectivity index (χ1v) is 17.4. The minimum atomic E-state index is -0.505. The third-order valence-corrected chi connectivity index (χ3v) is 10.5. The fourth-order valence-corrected chi connectivity index (χ4v) is 8.31. The van der Waals surface area contributed by atoms with E-state index in [4.69, 9.17) is 19.9 Å². The molecule has 8 aromatic rings. The van der Waals surface area contributed by atoms with E-state index in [0.29, 0.717) is 0 Å². The smallest absolute Gasteiger partial charge is 0.0893 e. The number of benzene rings is 4. The minimum Gasteiger partial charge on any atom is -0.251 e. The molecule has 0 amide bonds. The van der Waals surface area contributed by atoms with E-state index in [1.165, 1.54) is 44.5 Å². The van der Waals surface area contributed by atoms with Gasteiger partial charge >= 0.3 is 0 Å². The van der Waals surface area contributed by atoms with Gasteiger partial charge in [-0.05, 0) is 119 Å². The van der Waals surface area contributed by atoms with Gasteiger partial charge in [0.1, 0.15) is 0 Å². The highest BCUT2D eigenvalue weighted by Crippen LogP contribution is 2.63. The molecule has 0 saturated carbocycles. The summed E-state index contributed by atoms with van der Waals surface area (Å²) in [6.45, 7) is 4.03. The first kappa shape index (κ1) is 29.4. The average Bonchev–Trinajstić information content (AvgIpc) is 3.65. The monoisotopic (exact) mass is 652 g/mol. The molecule has 4 aromatic heterocycles. The van der Waals surface area contributed by atoms with Crippen LogP contribution < -0.4 is 0 Å². The molecule has 0 bridgehead atoms. The Bertz CT molecular complexity index is 2500. The maximum atomic E-state index is 5.15. The van der Waals surface area contributed by atoms with Crippen LogP contribution in [0.1, 0.15) is 33.6 Å². The summed E-state index contributed by atoms with van der Waals surface area (Å²) in [4.78, 5) is 19.8. The lowest BCUT2D eigenvalue weighted by Crippen LogP contribution is -2.26. The van der Waals surface area contributed by atoms with Crippen molar-refractivity contribution in [1.82, 2.24) is 19.9 Å². The summed E-state index contributed by atoms with van der Waals surface area (Å²) in [7, 11) is 0. The van der Waals surface area contributed by atoms with Gasteiger partial charge in [0.25, 0.3) is 0 Å². The van der Waals surface area contributed by atoms with Crippen LogP contribution in [0.25, 0.3) is 67.5 Å². The quantitative estimate of drug-likeness (QED) is 0.190. The second kappa shape index (κ2) is 11.3. The molecular weight excluding hydrogens is 621 g/mol. The van der Waals surface area contributed by atoms with Crippen molar-refractivity contribution in [2.75, 3.05) is 0 Å². The molecule has 2 aliphatic carbocycles. The van der Waals surface area contributed by atoms with Gasteiger partial charge in [0.05, 0.1) is 39.6 Å². The van der Waals surface area contributed by atoms with Gasteiger partial charge in [-0.25, -0.2) is 9.97 Å². The van der Waals surface area contributed by atoms with Crippen LogP contribution in [0.15, 0.2) is 158 Å². The van der Waals surface area contributed by atoms with Crippen LogP contribution in [0.4, 0.5) is 0 Å². The Labute approximate surface area is 297 Å². The Morgan fingerprint density at radius 2 is 0.686 bits per heavy atom. The Morgan fingerprint density at radius 1 is 0.314 bits per heavy atom. The molecule has 2 aliphatic rings. The predicted molar refractivity (Wildman–Crippen MR) is 205 cm³/mol. The highest BCUT2D eigenvalue weighted by atomic mass is 14.8. The number of aromatic nitrogens is 4. The van der Waals surface area contributed by atoms with Gasteiger partial charge in [-0.3, -0.25) is 9.97 Å². The van der Waals surface area contributed by atoms with E-state index in [1.54, 1.807) is 0 Å². The first-order valence-electron chi connectivity index (χ1n) is 17.4. The van der Waals surface area contributed by atoms with Gasteiger partial charge in [-0.15, -0.1) is 0 Å². The fourth-order valence-electron chi connectivity index (χ4n) is 8.31. The second-order valence-corrected chi connectivity index (χ2v) is 13.5. The van der Waals surface area contributed by atoms with Gasteiger partial charge in [0.2, 0.25) is 0 Å². The van der Waals surface area contributed by atoms with Gasteiger partial charge in [0.15, 0.2) is 0 Å². The standard InChI is InChI=1S/C47H32N4/c1-29-11-7-19-43(48-29)45-21-9-17-41(50-45)31-23-25-35-36-26-24-32(42-18-10-22-46(51-42)44-20-8-12-30(2)49-44)28-40(36)47(39(35)27-31)37-15-5-3-13-33(37)34-14-4-6-16-38(34)47/h3-28H,1-2H3. The molecule has 0 atom stereocenters. The van der Waals surface area contributed by atoms with Crippen molar-refractivity contribution in [3.8, 4) is 67.5 Å². The fraction of sp³-hybridized carbons (Fsp3) is 0.0638. The molecule has 240 valence electrons. The maximum absolute atomic E-state index is 5.15. The zero-order valence-electron chi connectivity index (χ0n) is 28.3. The molecule has 0 fully saturated rings. The molecule has 4 nitrogen and oxygen atoms in total. The molecular formula is C47H32N4. The van der Waals surface area contributed by atoms with Crippen LogP contribution in [0.2, 0.25) is 0 Å². The Morgan fingerprint density at radius 3 is 1.14 bits per heavy atom.